The summed E-state index contributed by atoms with van der Waals surface area (Å²) in [5.41, 5.74) is -7.04. The molecule has 3 nitrogen and oxygen atoms in total. The van der Waals surface area contributed by atoms with Crippen molar-refractivity contribution in [1.82, 2.24) is 0 Å². The number of esters is 1. The van der Waals surface area contributed by atoms with Crippen LogP contribution in [0.5, 0.6) is 0 Å². The molecule has 0 amide bonds. The number of carbonyl (C=O) groups is 1. The zero-order valence-corrected chi connectivity index (χ0v) is 20.5. The normalized spacial score (nSPS) is 35.7. The molecule has 4 aliphatic rings. The average molecular weight is 447 g/mol. The van der Waals surface area contributed by atoms with Crippen molar-refractivity contribution in [2.24, 2.45) is 33.5 Å². The lowest BCUT2D eigenvalue weighted by Crippen LogP contribution is -2.64. The lowest BCUT2D eigenvalue weighted by Gasteiger charge is -2.64. The third-order valence-corrected chi connectivity index (χ3v) is 8.56. The van der Waals surface area contributed by atoms with Crippen LogP contribution in [0.25, 0.3) is 0 Å². The Morgan fingerprint density at radius 1 is 0.935 bits per heavy atom. The summed E-state index contributed by atoms with van der Waals surface area (Å²) in [5, 5.41) is 11.1. The Bertz CT molecular complexity index is 696. The summed E-state index contributed by atoms with van der Waals surface area (Å²) in [7, 11) is 0. The number of alkyl halides is 3. The molecule has 0 aromatic carbocycles. The van der Waals surface area contributed by atoms with E-state index in [4.69, 9.17) is 4.74 Å². The van der Waals surface area contributed by atoms with E-state index in [1.165, 1.54) is 20.8 Å². The molecule has 31 heavy (non-hydrogen) atoms. The van der Waals surface area contributed by atoms with Gasteiger partial charge in [-0.1, -0.05) is 41.5 Å². The lowest BCUT2D eigenvalue weighted by molar-refractivity contribution is -0.285. The molecule has 180 valence electrons. The first kappa shape index (κ1) is 24.9. The summed E-state index contributed by atoms with van der Waals surface area (Å²) < 4.78 is 50.1. The zero-order valence-electron chi connectivity index (χ0n) is 20.5. The molecule has 4 bridgehead atoms. The summed E-state index contributed by atoms with van der Waals surface area (Å²) in [6, 6.07) is 0. The van der Waals surface area contributed by atoms with Crippen LogP contribution in [-0.4, -0.2) is 28.5 Å². The van der Waals surface area contributed by atoms with Gasteiger partial charge in [-0.05, 0) is 81.5 Å². The van der Waals surface area contributed by atoms with Gasteiger partial charge >= 0.3 is 12.1 Å². The highest BCUT2D eigenvalue weighted by molar-refractivity contribution is 5.79. The first-order valence-corrected chi connectivity index (χ1v) is 11.7. The van der Waals surface area contributed by atoms with Gasteiger partial charge in [0.25, 0.3) is 0 Å². The summed E-state index contributed by atoms with van der Waals surface area (Å²) in [6.45, 7) is 13.2. The largest absolute Gasteiger partial charge is 0.458 e. The monoisotopic (exact) mass is 446 g/mol. The molecule has 4 fully saturated rings. The van der Waals surface area contributed by atoms with Gasteiger partial charge in [0.15, 0.2) is 5.41 Å². The molecule has 0 aromatic rings. The summed E-state index contributed by atoms with van der Waals surface area (Å²) in [5.74, 6) is -0.460. The predicted molar refractivity (Wildman–Crippen MR) is 114 cm³/mol. The Labute approximate surface area is 185 Å². The maximum atomic E-state index is 14.7. The van der Waals surface area contributed by atoms with Gasteiger partial charge in [0.1, 0.15) is 5.60 Å². The van der Waals surface area contributed by atoms with E-state index < -0.39 is 45.0 Å². The van der Waals surface area contributed by atoms with Crippen LogP contribution in [0.15, 0.2) is 0 Å². The van der Waals surface area contributed by atoms with Gasteiger partial charge in [0.05, 0.1) is 5.60 Å². The van der Waals surface area contributed by atoms with Crippen molar-refractivity contribution in [2.75, 3.05) is 0 Å². The molecule has 0 heterocycles. The van der Waals surface area contributed by atoms with Crippen LogP contribution in [0.1, 0.15) is 100 Å². The average Bonchev–Trinajstić information content (AvgIpc) is 2.46. The number of ether oxygens (including phenoxy) is 1. The van der Waals surface area contributed by atoms with Gasteiger partial charge in [-0.15, -0.1) is 0 Å². The fourth-order valence-corrected chi connectivity index (χ4v) is 7.43. The van der Waals surface area contributed by atoms with E-state index in [9.17, 15) is 23.1 Å². The Morgan fingerprint density at radius 2 is 1.42 bits per heavy atom. The molecule has 0 radical (unpaired) electrons. The molecule has 0 aromatic heterocycles. The molecular weight excluding hydrogens is 405 g/mol. The van der Waals surface area contributed by atoms with E-state index in [1.54, 1.807) is 34.6 Å². The summed E-state index contributed by atoms with van der Waals surface area (Å²) in [4.78, 5) is 13.6. The number of aliphatic hydroxyl groups is 1. The minimum Gasteiger partial charge on any atom is -0.458 e. The molecule has 0 saturated heterocycles. The molecule has 4 saturated carbocycles. The molecule has 1 N–H and O–H groups in total. The predicted octanol–water partition coefficient (Wildman–Crippen LogP) is 6.67. The number of hydrogen-bond acceptors (Lipinski definition) is 3. The molecular formula is C25H41F3O3. The highest BCUT2D eigenvalue weighted by Gasteiger charge is 2.70. The lowest BCUT2D eigenvalue weighted by atomic mass is 9.44. The van der Waals surface area contributed by atoms with Gasteiger partial charge in [0.2, 0.25) is 0 Å². The van der Waals surface area contributed by atoms with Crippen LogP contribution in [0.2, 0.25) is 0 Å². The summed E-state index contributed by atoms with van der Waals surface area (Å²) >= 11 is 0. The smallest absolute Gasteiger partial charge is 0.405 e. The van der Waals surface area contributed by atoms with Crippen LogP contribution in [0.4, 0.5) is 13.2 Å². The van der Waals surface area contributed by atoms with E-state index in [2.05, 4.69) is 0 Å². The van der Waals surface area contributed by atoms with Gasteiger partial charge < -0.3 is 9.84 Å². The first-order valence-electron chi connectivity index (χ1n) is 11.7. The van der Waals surface area contributed by atoms with E-state index in [0.29, 0.717) is 18.3 Å². The van der Waals surface area contributed by atoms with E-state index in [0.717, 1.165) is 32.1 Å². The Hall–Kier alpha value is -0.780. The zero-order chi connectivity index (χ0) is 23.9. The van der Waals surface area contributed by atoms with E-state index in [-0.39, 0.29) is 6.42 Å². The number of rotatable bonds is 4. The van der Waals surface area contributed by atoms with Crippen molar-refractivity contribution >= 4 is 5.97 Å². The Kier molecular flexibility index (Phi) is 5.50. The first-order chi connectivity index (χ1) is 13.7. The Balaban J connectivity index is 2.00. The molecule has 4 rings (SSSR count). The molecule has 0 aliphatic heterocycles. The van der Waals surface area contributed by atoms with Crippen LogP contribution in [0, 0.1) is 33.5 Å². The quantitative estimate of drug-likeness (QED) is 0.491. The van der Waals surface area contributed by atoms with Crippen LogP contribution in [-0.2, 0) is 9.53 Å². The van der Waals surface area contributed by atoms with Crippen molar-refractivity contribution in [3.8, 4) is 0 Å². The fourth-order valence-electron chi connectivity index (χ4n) is 7.43. The van der Waals surface area contributed by atoms with Crippen LogP contribution in [0.3, 0.4) is 0 Å². The molecule has 0 spiro atoms. The maximum absolute atomic E-state index is 14.7. The van der Waals surface area contributed by atoms with Crippen molar-refractivity contribution in [3.63, 3.8) is 0 Å². The third-order valence-electron chi connectivity index (χ3n) is 8.56. The van der Waals surface area contributed by atoms with E-state index >= 15 is 0 Å². The topological polar surface area (TPSA) is 46.5 Å². The maximum Gasteiger partial charge on any atom is 0.405 e. The second kappa shape index (κ2) is 6.87. The SMILES string of the molecule is CC(C)(C)CC(C(=O)OC(C)(C)C12CC3CC(CC(O)(C3)C1)C2)(C(C)(C)C)C(F)(F)F. The van der Waals surface area contributed by atoms with Crippen molar-refractivity contribution < 1.29 is 27.8 Å². The molecule has 6 heteroatoms. The number of halogens is 3. The van der Waals surface area contributed by atoms with Crippen LogP contribution < -0.4 is 0 Å². The van der Waals surface area contributed by atoms with Gasteiger partial charge in [-0.2, -0.15) is 13.2 Å². The van der Waals surface area contributed by atoms with Gasteiger partial charge in [-0.25, -0.2) is 0 Å². The minimum atomic E-state index is -4.74. The van der Waals surface area contributed by atoms with Crippen molar-refractivity contribution in [3.05, 3.63) is 0 Å². The molecule has 3 unspecified atom stereocenters. The van der Waals surface area contributed by atoms with Gasteiger partial charge in [0, 0.05) is 5.41 Å². The van der Waals surface area contributed by atoms with Crippen molar-refractivity contribution in [2.45, 2.75) is 118 Å². The van der Waals surface area contributed by atoms with Crippen LogP contribution >= 0.6 is 0 Å². The standard InChI is InChI=1S/C25H41F3O3/c1-19(2,3)14-24(20(4,5)6,25(26,27)28)18(29)31-21(7,8)22-10-16-9-17(11-22)13-23(30,12-16)15-22/h16-17,30H,9-15H2,1-8H3. The second-order valence-corrected chi connectivity index (χ2v) is 13.8. The minimum absolute atomic E-state index is 0.343. The highest BCUT2D eigenvalue weighted by atomic mass is 19.4. The molecule has 4 aliphatic carbocycles. The highest BCUT2D eigenvalue weighted by Crippen LogP contribution is 2.66. The summed E-state index contributed by atoms with van der Waals surface area (Å²) in [6.07, 6.45) is -0.398. The van der Waals surface area contributed by atoms with Gasteiger partial charge in [-0.3, -0.25) is 4.79 Å². The Morgan fingerprint density at radius 3 is 1.77 bits per heavy atom. The number of carbonyl (C=O) groups excluding carboxylic acids is 1. The number of hydrogen-bond donors (Lipinski definition) is 1. The van der Waals surface area contributed by atoms with Crippen molar-refractivity contribution in [1.29, 1.82) is 0 Å². The third kappa shape index (κ3) is 4.04. The van der Waals surface area contributed by atoms with E-state index in [1.807, 2.05) is 0 Å². The second-order valence-electron chi connectivity index (χ2n) is 13.8. The molecule has 3 atom stereocenters. The fraction of sp³-hybridized carbons (Fsp3) is 0.960.